The van der Waals surface area contributed by atoms with Gasteiger partial charge in [0.25, 0.3) is 11.8 Å². The van der Waals surface area contributed by atoms with Crippen LogP contribution in [0, 0.1) is 0 Å². The van der Waals surface area contributed by atoms with Crippen molar-refractivity contribution in [3.8, 4) is 11.5 Å². The Hall–Kier alpha value is -3.08. The first-order valence-corrected chi connectivity index (χ1v) is 11.2. The maximum absolute atomic E-state index is 12.9. The van der Waals surface area contributed by atoms with E-state index >= 15 is 0 Å². The van der Waals surface area contributed by atoms with E-state index in [9.17, 15) is 14.4 Å². The molecule has 172 valence electrons. The number of thiocarbonyl (C=S) groups is 1. The van der Waals surface area contributed by atoms with Crippen molar-refractivity contribution >= 4 is 63.8 Å². The third kappa shape index (κ3) is 6.04. The molecule has 1 saturated heterocycles. The van der Waals surface area contributed by atoms with Gasteiger partial charge in [-0.25, -0.2) is 4.79 Å². The molecule has 1 aliphatic rings. The summed E-state index contributed by atoms with van der Waals surface area (Å²) >= 11 is 12.6. The maximum atomic E-state index is 12.9. The fraction of sp³-hybridized carbons (Fsp3) is 0.182. The molecule has 0 spiro atoms. The van der Waals surface area contributed by atoms with Crippen molar-refractivity contribution < 1.29 is 28.6 Å². The number of hydrazine groups is 1. The number of ether oxygens (including phenoxy) is 3. The van der Waals surface area contributed by atoms with Gasteiger partial charge < -0.3 is 14.2 Å². The SMILES string of the molecule is CCOc1cc(/C=C2/SC(=S)N(NC(=O)c3ccccc3)C2=O)cc(Cl)c1OCC(=O)OC. The number of esters is 1. The molecule has 0 unspecified atom stereocenters. The Morgan fingerprint density at radius 2 is 1.94 bits per heavy atom. The topological polar surface area (TPSA) is 94.2 Å². The lowest BCUT2D eigenvalue weighted by molar-refractivity contribution is -0.142. The predicted molar refractivity (Wildman–Crippen MR) is 129 cm³/mol. The van der Waals surface area contributed by atoms with E-state index in [1.54, 1.807) is 55.5 Å². The highest BCUT2D eigenvalue weighted by atomic mass is 35.5. The van der Waals surface area contributed by atoms with Gasteiger partial charge in [0, 0.05) is 5.56 Å². The van der Waals surface area contributed by atoms with Gasteiger partial charge in [0.1, 0.15) is 0 Å². The highest BCUT2D eigenvalue weighted by Crippen LogP contribution is 2.39. The fourth-order valence-electron chi connectivity index (χ4n) is 2.74. The molecular formula is C22H19ClN2O6S2. The molecule has 0 bridgehead atoms. The van der Waals surface area contributed by atoms with Crippen molar-refractivity contribution in [2.75, 3.05) is 20.3 Å². The quantitative estimate of drug-likeness (QED) is 0.328. The van der Waals surface area contributed by atoms with Crippen LogP contribution < -0.4 is 14.9 Å². The summed E-state index contributed by atoms with van der Waals surface area (Å²) in [6.07, 6.45) is 1.58. The molecule has 1 heterocycles. The van der Waals surface area contributed by atoms with Crippen molar-refractivity contribution in [3.05, 3.63) is 63.5 Å². The van der Waals surface area contributed by atoms with Gasteiger partial charge in [-0.15, -0.1) is 0 Å². The van der Waals surface area contributed by atoms with Crippen molar-refractivity contribution in [2.45, 2.75) is 6.92 Å². The molecule has 2 amide bonds. The smallest absolute Gasteiger partial charge is 0.343 e. The zero-order valence-corrected chi connectivity index (χ0v) is 20.0. The third-order valence-electron chi connectivity index (χ3n) is 4.23. The average molecular weight is 507 g/mol. The number of rotatable bonds is 8. The van der Waals surface area contributed by atoms with Crippen LogP contribution in [0.15, 0.2) is 47.4 Å². The number of carbonyl (C=O) groups excluding carboxylic acids is 3. The number of hydrogen-bond acceptors (Lipinski definition) is 8. The number of methoxy groups -OCH3 is 1. The molecule has 0 atom stereocenters. The molecule has 0 radical (unpaired) electrons. The van der Waals surface area contributed by atoms with Crippen LogP contribution in [0.25, 0.3) is 6.08 Å². The number of nitrogens with one attached hydrogen (secondary N) is 1. The molecule has 0 saturated carbocycles. The molecule has 2 aromatic carbocycles. The molecule has 1 N–H and O–H groups in total. The number of hydrogen-bond donors (Lipinski definition) is 1. The summed E-state index contributed by atoms with van der Waals surface area (Å²) in [5.74, 6) is -1.02. The van der Waals surface area contributed by atoms with Crippen LogP contribution in [0.5, 0.6) is 11.5 Å². The second-order valence-corrected chi connectivity index (χ2v) is 8.53. The summed E-state index contributed by atoms with van der Waals surface area (Å²) in [4.78, 5) is 37.0. The van der Waals surface area contributed by atoms with Crippen molar-refractivity contribution in [1.82, 2.24) is 10.4 Å². The van der Waals surface area contributed by atoms with Gasteiger partial charge in [0.15, 0.2) is 22.4 Å². The predicted octanol–water partition coefficient (Wildman–Crippen LogP) is 3.84. The molecule has 33 heavy (non-hydrogen) atoms. The van der Waals surface area contributed by atoms with E-state index in [0.717, 1.165) is 16.8 Å². The molecule has 3 rings (SSSR count). The van der Waals surface area contributed by atoms with Gasteiger partial charge in [0.2, 0.25) is 0 Å². The van der Waals surface area contributed by atoms with E-state index in [-0.39, 0.29) is 26.6 Å². The summed E-state index contributed by atoms with van der Waals surface area (Å²) in [6.45, 7) is 1.77. The first-order valence-electron chi connectivity index (χ1n) is 9.64. The summed E-state index contributed by atoms with van der Waals surface area (Å²) in [6, 6.07) is 11.7. The van der Waals surface area contributed by atoms with E-state index in [1.165, 1.54) is 7.11 Å². The minimum atomic E-state index is -0.571. The third-order valence-corrected chi connectivity index (χ3v) is 5.82. The van der Waals surface area contributed by atoms with E-state index < -0.39 is 17.8 Å². The number of carbonyl (C=O) groups is 3. The number of benzene rings is 2. The Kier molecular flexibility index (Phi) is 8.32. The Labute approximate surface area is 204 Å². The highest BCUT2D eigenvalue weighted by Gasteiger charge is 2.34. The van der Waals surface area contributed by atoms with Crippen LogP contribution in [0.3, 0.4) is 0 Å². The Balaban J connectivity index is 1.82. The van der Waals surface area contributed by atoms with Crippen LogP contribution >= 0.6 is 35.6 Å². The van der Waals surface area contributed by atoms with Crippen LogP contribution in [0.4, 0.5) is 0 Å². The number of amides is 2. The van der Waals surface area contributed by atoms with Crippen molar-refractivity contribution in [2.24, 2.45) is 0 Å². The second-order valence-electron chi connectivity index (χ2n) is 6.45. The van der Waals surface area contributed by atoms with Crippen molar-refractivity contribution in [3.63, 3.8) is 0 Å². The van der Waals surface area contributed by atoms with E-state index in [4.69, 9.17) is 33.3 Å². The molecule has 1 fully saturated rings. The van der Waals surface area contributed by atoms with Crippen LogP contribution in [-0.2, 0) is 14.3 Å². The largest absolute Gasteiger partial charge is 0.490 e. The monoisotopic (exact) mass is 506 g/mol. The number of nitrogens with zero attached hydrogens (tertiary/aromatic N) is 1. The standard InChI is InChI=1S/C22H19ClN2O6S2/c1-3-30-16-10-13(9-15(23)19(16)31-12-18(26)29-2)11-17-21(28)25(22(32)33-17)24-20(27)14-7-5-4-6-8-14/h4-11H,3,12H2,1-2H3,(H,24,27)/b17-11+. The van der Waals surface area contributed by atoms with E-state index in [2.05, 4.69) is 10.2 Å². The van der Waals surface area contributed by atoms with E-state index in [0.29, 0.717) is 23.5 Å². The van der Waals surface area contributed by atoms with Gasteiger partial charge in [-0.1, -0.05) is 41.6 Å². The van der Waals surface area contributed by atoms with Crippen LogP contribution in [0.2, 0.25) is 5.02 Å². The summed E-state index contributed by atoms with van der Waals surface area (Å²) < 4.78 is 15.8. The first-order chi connectivity index (χ1) is 15.8. The molecule has 0 aromatic heterocycles. The Morgan fingerprint density at radius 3 is 2.61 bits per heavy atom. The number of thioether (sulfide) groups is 1. The van der Waals surface area contributed by atoms with Gasteiger partial charge in [-0.05, 0) is 55.0 Å². The Morgan fingerprint density at radius 1 is 1.21 bits per heavy atom. The van der Waals surface area contributed by atoms with E-state index in [1.807, 2.05) is 0 Å². The molecule has 11 heteroatoms. The molecule has 2 aromatic rings. The number of halogens is 1. The minimum absolute atomic E-state index is 0.184. The molecular weight excluding hydrogens is 488 g/mol. The van der Waals surface area contributed by atoms with Gasteiger partial charge in [0.05, 0.1) is 23.6 Å². The van der Waals surface area contributed by atoms with Crippen LogP contribution in [-0.4, -0.2) is 47.4 Å². The van der Waals surface area contributed by atoms with Gasteiger partial charge in [-0.3, -0.25) is 15.0 Å². The summed E-state index contributed by atoms with van der Waals surface area (Å²) in [7, 11) is 1.25. The highest BCUT2D eigenvalue weighted by molar-refractivity contribution is 8.26. The molecule has 8 nitrogen and oxygen atoms in total. The van der Waals surface area contributed by atoms with Crippen molar-refractivity contribution in [1.29, 1.82) is 0 Å². The Bertz CT molecular complexity index is 1120. The van der Waals surface area contributed by atoms with Gasteiger partial charge >= 0.3 is 5.97 Å². The zero-order valence-electron chi connectivity index (χ0n) is 17.6. The lowest BCUT2D eigenvalue weighted by atomic mass is 10.1. The zero-order chi connectivity index (χ0) is 24.0. The average Bonchev–Trinajstić information content (AvgIpc) is 3.06. The fourth-order valence-corrected chi connectivity index (χ4v) is 4.19. The van der Waals surface area contributed by atoms with Gasteiger partial charge in [-0.2, -0.15) is 5.01 Å². The maximum Gasteiger partial charge on any atom is 0.343 e. The summed E-state index contributed by atoms with van der Waals surface area (Å²) in [5, 5.41) is 1.21. The molecule has 0 aliphatic carbocycles. The molecule has 1 aliphatic heterocycles. The normalized spacial score (nSPS) is 14.4. The lowest BCUT2D eigenvalue weighted by Crippen LogP contribution is -2.44. The second kappa shape index (κ2) is 11.2. The lowest BCUT2D eigenvalue weighted by Gasteiger charge is -2.15. The minimum Gasteiger partial charge on any atom is -0.490 e. The summed E-state index contributed by atoms with van der Waals surface area (Å²) in [5.41, 5.74) is 3.46. The first kappa shape index (κ1) is 24.6. The van der Waals surface area contributed by atoms with Crippen LogP contribution in [0.1, 0.15) is 22.8 Å².